The molecular formula is C13H15F3O2. The predicted molar refractivity (Wildman–Crippen MR) is 60.1 cm³/mol. The first-order valence-corrected chi connectivity index (χ1v) is 5.95. The molecule has 0 aliphatic carbocycles. The van der Waals surface area contributed by atoms with E-state index in [0.717, 1.165) is 24.1 Å². The van der Waals surface area contributed by atoms with Gasteiger partial charge in [0.25, 0.3) is 0 Å². The standard InChI is InChI=1S/C13H15F3O2/c14-13(15,16)11-5-2-10(3-6-11)4-7-12-17-8-1-9-18-12/h2-3,5-6,12H,1,4,7-9H2. The Balaban J connectivity index is 1.86. The number of alkyl halides is 3. The Morgan fingerprint density at radius 1 is 1.06 bits per heavy atom. The maximum Gasteiger partial charge on any atom is 0.416 e. The number of ether oxygens (including phenoxy) is 2. The van der Waals surface area contributed by atoms with E-state index < -0.39 is 11.7 Å². The highest BCUT2D eigenvalue weighted by molar-refractivity contribution is 5.24. The first kappa shape index (κ1) is 13.4. The van der Waals surface area contributed by atoms with Crippen molar-refractivity contribution < 1.29 is 22.6 Å². The molecule has 2 nitrogen and oxygen atoms in total. The molecule has 1 heterocycles. The number of hydrogen-bond donors (Lipinski definition) is 0. The fourth-order valence-electron chi connectivity index (χ4n) is 1.85. The zero-order valence-electron chi connectivity index (χ0n) is 9.87. The molecule has 2 rings (SSSR count). The average Bonchev–Trinajstić information content (AvgIpc) is 2.37. The highest BCUT2D eigenvalue weighted by atomic mass is 19.4. The van der Waals surface area contributed by atoms with E-state index in [-0.39, 0.29) is 6.29 Å². The largest absolute Gasteiger partial charge is 0.416 e. The lowest BCUT2D eigenvalue weighted by Gasteiger charge is -2.23. The molecule has 18 heavy (non-hydrogen) atoms. The second-order valence-electron chi connectivity index (χ2n) is 4.26. The number of aryl methyl sites for hydroxylation is 1. The van der Waals surface area contributed by atoms with Crippen LogP contribution < -0.4 is 0 Å². The average molecular weight is 260 g/mol. The second-order valence-corrected chi connectivity index (χ2v) is 4.26. The van der Waals surface area contributed by atoms with Gasteiger partial charge < -0.3 is 9.47 Å². The van der Waals surface area contributed by atoms with Gasteiger partial charge in [-0.2, -0.15) is 13.2 Å². The van der Waals surface area contributed by atoms with E-state index >= 15 is 0 Å². The van der Waals surface area contributed by atoms with E-state index in [1.807, 2.05) is 0 Å². The molecule has 0 aromatic heterocycles. The Hall–Kier alpha value is -1.07. The maximum atomic E-state index is 12.4. The quantitative estimate of drug-likeness (QED) is 0.829. The molecule has 0 unspecified atom stereocenters. The van der Waals surface area contributed by atoms with Crippen molar-refractivity contribution in [1.82, 2.24) is 0 Å². The molecule has 1 aliphatic rings. The molecule has 0 bridgehead atoms. The van der Waals surface area contributed by atoms with Crippen LogP contribution in [0.2, 0.25) is 0 Å². The molecule has 0 saturated carbocycles. The molecule has 1 saturated heterocycles. The van der Waals surface area contributed by atoms with Gasteiger partial charge in [0.1, 0.15) is 0 Å². The van der Waals surface area contributed by atoms with Gasteiger partial charge >= 0.3 is 6.18 Å². The summed E-state index contributed by atoms with van der Waals surface area (Å²) in [7, 11) is 0. The minimum atomic E-state index is -4.27. The molecule has 1 aliphatic heterocycles. The highest BCUT2D eigenvalue weighted by Crippen LogP contribution is 2.29. The van der Waals surface area contributed by atoms with Crippen LogP contribution in [0.4, 0.5) is 13.2 Å². The van der Waals surface area contributed by atoms with Crippen LogP contribution in [0.3, 0.4) is 0 Å². The molecule has 1 fully saturated rings. The SMILES string of the molecule is FC(F)(F)c1ccc(CCC2OCCCO2)cc1. The van der Waals surface area contributed by atoms with Gasteiger partial charge in [-0.1, -0.05) is 12.1 Å². The van der Waals surface area contributed by atoms with Gasteiger partial charge in [0.2, 0.25) is 0 Å². The van der Waals surface area contributed by atoms with E-state index in [9.17, 15) is 13.2 Å². The molecule has 1 aromatic rings. The molecule has 1 aromatic carbocycles. The van der Waals surface area contributed by atoms with Crippen molar-refractivity contribution in [3.05, 3.63) is 35.4 Å². The van der Waals surface area contributed by atoms with Crippen LogP contribution in [-0.2, 0) is 22.1 Å². The van der Waals surface area contributed by atoms with Gasteiger partial charge in [0.05, 0.1) is 18.8 Å². The first-order chi connectivity index (χ1) is 8.55. The van der Waals surface area contributed by atoms with Crippen molar-refractivity contribution in [3.8, 4) is 0 Å². The van der Waals surface area contributed by atoms with E-state index in [1.54, 1.807) is 0 Å². The topological polar surface area (TPSA) is 18.5 Å². The maximum absolute atomic E-state index is 12.4. The zero-order valence-corrected chi connectivity index (χ0v) is 9.87. The molecule has 0 amide bonds. The van der Waals surface area contributed by atoms with E-state index in [0.29, 0.717) is 26.1 Å². The van der Waals surface area contributed by atoms with Crippen molar-refractivity contribution >= 4 is 0 Å². The molecular weight excluding hydrogens is 245 g/mol. The van der Waals surface area contributed by atoms with Crippen LogP contribution in [0.15, 0.2) is 24.3 Å². The lowest BCUT2D eigenvalue weighted by Crippen LogP contribution is -2.25. The molecule has 100 valence electrons. The normalized spacial score (nSPS) is 17.9. The third kappa shape index (κ3) is 3.71. The van der Waals surface area contributed by atoms with E-state index in [2.05, 4.69) is 0 Å². The lowest BCUT2D eigenvalue weighted by molar-refractivity contribution is -0.180. The molecule has 0 atom stereocenters. The molecule has 0 radical (unpaired) electrons. The minimum absolute atomic E-state index is 0.221. The summed E-state index contributed by atoms with van der Waals surface area (Å²) in [6.45, 7) is 1.38. The van der Waals surface area contributed by atoms with Gasteiger partial charge in [-0.15, -0.1) is 0 Å². The van der Waals surface area contributed by atoms with Crippen LogP contribution in [0.25, 0.3) is 0 Å². The first-order valence-electron chi connectivity index (χ1n) is 5.95. The summed E-state index contributed by atoms with van der Waals surface area (Å²) in [5.74, 6) is 0. The van der Waals surface area contributed by atoms with Gasteiger partial charge in [-0.05, 0) is 30.5 Å². The Morgan fingerprint density at radius 2 is 1.67 bits per heavy atom. The number of hydrogen-bond acceptors (Lipinski definition) is 2. The third-order valence-corrected chi connectivity index (χ3v) is 2.85. The summed E-state index contributed by atoms with van der Waals surface area (Å²) in [6, 6.07) is 5.23. The fraction of sp³-hybridized carbons (Fsp3) is 0.538. The van der Waals surface area contributed by atoms with E-state index in [4.69, 9.17) is 9.47 Å². The Bertz CT molecular complexity index is 367. The second kappa shape index (κ2) is 5.71. The summed E-state index contributed by atoms with van der Waals surface area (Å²) >= 11 is 0. The summed E-state index contributed by atoms with van der Waals surface area (Å²) in [4.78, 5) is 0. The smallest absolute Gasteiger partial charge is 0.353 e. The number of benzene rings is 1. The van der Waals surface area contributed by atoms with Gasteiger partial charge in [0, 0.05) is 6.42 Å². The molecule has 5 heteroatoms. The highest BCUT2D eigenvalue weighted by Gasteiger charge is 2.29. The molecule has 0 spiro atoms. The zero-order chi connectivity index (χ0) is 13.0. The monoisotopic (exact) mass is 260 g/mol. The van der Waals surface area contributed by atoms with Gasteiger partial charge in [-0.3, -0.25) is 0 Å². The Morgan fingerprint density at radius 3 is 2.22 bits per heavy atom. The molecule has 0 N–H and O–H groups in total. The fourth-order valence-corrected chi connectivity index (χ4v) is 1.85. The number of rotatable bonds is 3. The van der Waals surface area contributed by atoms with Crippen molar-refractivity contribution in [2.45, 2.75) is 31.7 Å². The van der Waals surface area contributed by atoms with Crippen LogP contribution in [0, 0.1) is 0 Å². The predicted octanol–water partition coefficient (Wildman–Crippen LogP) is 3.40. The third-order valence-electron chi connectivity index (χ3n) is 2.85. The van der Waals surface area contributed by atoms with Crippen molar-refractivity contribution in [2.75, 3.05) is 13.2 Å². The van der Waals surface area contributed by atoms with Crippen LogP contribution in [-0.4, -0.2) is 19.5 Å². The minimum Gasteiger partial charge on any atom is -0.353 e. The Labute approximate surface area is 104 Å². The lowest BCUT2D eigenvalue weighted by atomic mass is 10.1. The summed E-state index contributed by atoms with van der Waals surface area (Å²) in [6.07, 6.45) is -2.26. The number of halogens is 3. The van der Waals surface area contributed by atoms with E-state index in [1.165, 1.54) is 12.1 Å². The van der Waals surface area contributed by atoms with Crippen molar-refractivity contribution in [3.63, 3.8) is 0 Å². The summed E-state index contributed by atoms with van der Waals surface area (Å²) < 4.78 is 47.8. The summed E-state index contributed by atoms with van der Waals surface area (Å²) in [5.41, 5.74) is 0.247. The van der Waals surface area contributed by atoms with Crippen molar-refractivity contribution in [1.29, 1.82) is 0 Å². The summed E-state index contributed by atoms with van der Waals surface area (Å²) in [5, 5.41) is 0. The van der Waals surface area contributed by atoms with Crippen LogP contribution in [0.1, 0.15) is 24.0 Å². The van der Waals surface area contributed by atoms with Crippen molar-refractivity contribution in [2.24, 2.45) is 0 Å². The van der Waals surface area contributed by atoms with Crippen LogP contribution in [0.5, 0.6) is 0 Å². The van der Waals surface area contributed by atoms with Crippen LogP contribution >= 0.6 is 0 Å². The van der Waals surface area contributed by atoms with Gasteiger partial charge in [-0.25, -0.2) is 0 Å². The Kier molecular flexibility index (Phi) is 4.24. The van der Waals surface area contributed by atoms with Gasteiger partial charge in [0.15, 0.2) is 6.29 Å².